The van der Waals surface area contributed by atoms with Crippen molar-refractivity contribution in [3.8, 4) is 0 Å². The number of hydrogen-bond donors (Lipinski definition) is 1. The summed E-state index contributed by atoms with van der Waals surface area (Å²) in [6, 6.07) is 0.822. The van der Waals surface area contributed by atoms with Gasteiger partial charge in [-0.25, -0.2) is 0 Å². The Balaban J connectivity index is 2.22. The summed E-state index contributed by atoms with van der Waals surface area (Å²) in [5.41, 5.74) is 0. The normalized spacial score (nSPS) is 27.4. The molecule has 1 aliphatic carbocycles. The van der Waals surface area contributed by atoms with E-state index in [-0.39, 0.29) is 12.0 Å². The lowest BCUT2D eigenvalue weighted by molar-refractivity contribution is -0.143. The largest absolute Gasteiger partial charge is 0.466 e. The van der Waals surface area contributed by atoms with Crippen molar-refractivity contribution in [1.82, 2.24) is 5.32 Å². The van der Waals surface area contributed by atoms with Gasteiger partial charge in [0.1, 0.15) is 0 Å². The molecular weight excluding hydrogens is 202 g/mol. The summed E-state index contributed by atoms with van der Waals surface area (Å²) in [4.78, 5) is 11.3. The molecule has 1 saturated carbocycles. The molecule has 0 aromatic carbocycles. The van der Waals surface area contributed by atoms with Gasteiger partial charge in [-0.2, -0.15) is 0 Å². The third-order valence-corrected chi connectivity index (χ3v) is 3.23. The Kier molecular flexibility index (Phi) is 5.81. The van der Waals surface area contributed by atoms with Crippen molar-refractivity contribution in [1.29, 1.82) is 0 Å². The Labute approximate surface area is 98.9 Å². The van der Waals surface area contributed by atoms with Gasteiger partial charge in [-0.1, -0.05) is 19.8 Å². The zero-order valence-electron chi connectivity index (χ0n) is 10.8. The minimum atomic E-state index is -0.0913. The van der Waals surface area contributed by atoms with Crippen LogP contribution < -0.4 is 5.32 Å². The van der Waals surface area contributed by atoms with Crippen molar-refractivity contribution >= 4 is 5.97 Å². The second-order valence-corrected chi connectivity index (χ2v) is 5.05. The number of esters is 1. The second kappa shape index (κ2) is 6.89. The highest BCUT2D eigenvalue weighted by Crippen LogP contribution is 2.23. The smallest absolute Gasteiger partial charge is 0.307 e. The maximum Gasteiger partial charge on any atom is 0.307 e. The van der Waals surface area contributed by atoms with E-state index in [9.17, 15) is 4.79 Å². The highest BCUT2D eigenvalue weighted by molar-refractivity contribution is 5.70. The molecule has 1 N–H and O–H groups in total. The third kappa shape index (κ3) is 4.97. The molecule has 3 atom stereocenters. The van der Waals surface area contributed by atoms with Gasteiger partial charge < -0.3 is 10.1 Å². The minimum Gasteiger partial charge on any atom is -0.466 e. The van der Waals surface area contributed by atoms with E-state index in [1.54, 1.807) is 0 Å². The Morgan fingerprint density at radius 3 is 2.88 bits per heavy atom. The molecular formula is C13H25NO2. The minimum absolute atomic E-state index is 0.0913. The van der Waals surface area contributed by atoms with Gasteiger partial charge in [-0.05, 0) is 32.6 Å². The second-order valence-electron chi connectivity index (χ2n) is 5.05. The van der Waals surface area contributed by atoms with Crippen molar-refractivity contribution in [3.05, 3.63) is 0 Å². The molecule has 0 amide bonds. The van der Waals surface area contributed by atoms with Crippen molar-refractivity contribution < 1.29 is 9.53 Å². The van der Waals surface area contributed by atoms with Crippen molar-refractivity contribution in [2.75, 3.05) is 6.61 Å². The van der Waals surface area contributed by atoms with Crippen LogP contribution in [0.1, 0.15) is 52.9 Å². The topological polar surface area (TPSA) is 38.3 Å². The Hall–Kier alpha value is -0.570. The highest BCUT2D eigenvalue weighted by atomic mass is 16.5. The van der Waals surface area contributed by atoms with E-state index in [1.807, 2.05) is 6.92 Å². The summed E-state index contributed by atoms with van der Waals surface area (Å²) >= 11 is 0. The summed E-state index contributed by atoms with van der Waals surface area (Å²) in [7, 11) is 0. The molecule has 0 heterocycles. The van der Waals surface area contributed by atoms with Crippen molar-refractivity contribution in [2.45, 2.75) is 65.0 Å². The van der Waals surface area contributed by atoms with E-state index < -0.39 is 0 Å². The number of ether oxygens (including phenoxy) is 1. The van der Waals surface area contributed by atoms with Crippen LogP contribution in [0.3, 0.4) is 0 Å². The molecule has 0 aromatic heterocycles. The Morgan fingerprint density at radius 2 is 2.25 bits per heavy atom. The average Bonchev–Trinajstić information content (AvgIpc) is 2.17. The molecule has 1 aliphatic rings. The lowest BCUT2D eigenvalue weighted by Crippen LogP contribution is -2.40. The first-order valence-electron chi connectivity index (χ1n) is 6.53. The van der Waals surface area contributed by atoms with Gasteiger partial charge in [-0.15, -0.1) is 0 Å². The molecule has 1 fully saturated rings. The summed E-state index contributed by atoms with van der Waals surface area (Å²) in [5, 5.41) is 3.54. The van der Waals surface area contributed by atoms with Crippen LogP contribution >= 0.6 is 0 Å². The summed E-state index contributed by atoms with van der Waals surface area (Å²) in [6.07, 6.45) is 5.64. The van der Waals surface area contributed by atoms with Crippen LogP contribution in [0.2, 0.25) is 0 Å². The van der Waals surface area contributed by atoms with Crippen LogP contribution in [0.25, 0.3) is 0 Å². The van der Waals surface area contributed by atoms with E-state index in [0.717, 1.165) is 5.92 Å². The molecule has 3 unspecified atom stereocenters. The fraction of sp³-hybridized carbons (Fsp3) is 0.923. The van der Waals surface area contributed by atoms with Gasteiger partial charge in [0.25, 0.3) is 0 Å². The molecule has 0 saturated heterocycles. The SMILES string of the molecule is CCOC(=O)CC(C)NC1CCCC(C)C1. The Morgan fingerprint density at radius 1 is 1.50 bits per heavy atom. The van der Waals surface area contributed by atoms with E-state index >= 15 is 0 Å². The van der Waals surface area contributed by atoms with Crippen LogP contribution in [0, 0.1) is 5.92 Å². The van der Waals surface area contributed by atoms with Crippen LogP contribution in [0.4, 0.5) is 0 Å². The predicted octanol–water partition coefficient (Wildman–Crippen LogP) is 2.50. The fourth-order valence-corrected chi connectivity index (χ4v) is 2.52. The highest BCUT2D eigenvalue weighted by Gasteiger charge is 2.21. The van der Waals surface area contributed by atoms with Gasteiger partial charge in [0.2, 0.25) is 0 Å². The van der Waals surface area contributed by atoms with Crippen LogP contribution in [0.15, 0.2) is 0 Å². The standard InChI is InChI=1S/C13H25NO2/c1-4-16-13(15)9-11(3)14-12-7-5-6-10(2)8-12/h10-12,14H,4-9H2,1-3H3. The zero-order chi connectivity index (χ0) is 12.0. The number of nitrogens with one attached hydrogen (secondary N) is 1. The van der Waals surface area contributed by atoms with Gasteiger partial charge in [-0.3, -0.25) is 4.79 Å². The van der Waals surface area contributed by atoms with E-state index in [2.05, 4.69) is 19.2 Å². The van der Waals surface area contributed by atoms with Gasteiger partial charge in [0, 0.05) is 12.1 Å². The quantitative estimate of drug-likeness (QED) is 0.733. The molecule has 0 aliphatic heterocycles. The number of rotatable bonds is 5. The summed E-state index contributed by atoms with van der Waals surface area (Å²) in [6.45, 7) is 6.70. The first-order valence-corrected chi connectivity index (χ1v) is 6.53. The van der Waals surface area contributed by atoms with Gasteiger partial charge in [0.05, 0.1) is 13.0 Å². The predicted molar refractivity (Wildman–Crippen MR) is 65.3 cm³/mol. The molecule has 16 heavy (non-hydrogen) atoms. The summed E-state index contributed by atoms with van der Waals surface area (Å²) < 4.78 is 4.94. The number of hydrogen-bond acceptors (Lipinski definition) is 3. The lowest BCUT2D eigenvalue weighted by atomic mass is 9.86. The maximum absolute atomic E-state index is 11.3. The molecule has 94 valence electrons. The first-order chi connectivity index (χ1) is 7.61. The monoisotopic (exact) mass is 227 g/mol. The third-order valence-electron chi connectivity index (χ3n) is 3.23. The van der Waals surface area contributed by atoms with E-state index in [4.69, 9.17) is 4.74 Å². The van der Waals surface area contributed by atoms with Crippen LogP contribution in [0.5, 0.6) is 0 Å². The Bertz CT molecular complexity index is 218. The molecule has 0 aromatic rings. The molecule has 0 spiro atoms. The number of carbonyl (C=O) groups is 1. The van der Waals surface area contributed by atoms with Gasteiger partial charge in [0.15, 0.2) is 0 Å². The van der Waals surface area contributed by atoms with Crippen LogP contribution in [-0.4, -0.2) is 24.7 Å². The van der Waals surface area contributed by atoms with Crippen molar-refractivity contribution in [3.63, 3.8) is 0 Å². The fourth-order valence-electron chi connectivity index (χ4n) is 2.52. The molecule has 1 rings (SSSR count). The van der Waals surface area contributed by atoms with E-state index in [1.165, 1.54) is 25.7 Å². The van der Waals surface area contributed by atoms with E-state index in [0.29, 0.717) is 19.1 Å². The maximum atomic E-state index is 11.3. The lowest BCUT2D eigenvalue weighted by Gasteiger charge is -2.29. The molecule has 0 radical (unpaired) electrons. The number of carbonyl (C=O) groups excluding carboxylic acids is 1. The average molecular weight is 227 g/mol. The molecule has 3 nitrogen and oxygen atoms in total. The van der Waals surface area contributed by atoms with Crippen LogP contribution in [-0.2, 0) is 9.53 Å². The van der Waals surface area contributed by atoms with Crippen molar-refractivity contribution in [2.24, 2.45) is 5.92 Å². The molecule has 3 heteroatoms. The summed E-state index contributed by atoms with van der Waals surface area (Å²) in [5.74, 6) is 0.729. The zero-order valence-corrected chi connectivity index (χ0v) is 10.8. The first kappa shape index (κ1) is 13.5. The molecule has 0 bridgehead atoms. The van der Waals surface area contributed by atoms with Gasteiger partial charge >= 0.3 is 5.97 Å².